The Balaban J connectivity index is 2.02. The van der Waals surface area contributed by atoms with Gasteiger partial charge in [0.15, 0.2) is 0 Å². The topological polar surface area (TPSA) is 63.1 Å². The lowest BCUT2D eigenvalue weighted by Gasteiger charge is -2.17. The molecular weight excluding hydrogens is 266 g/mol. The zero-order valence-electron chi connectivity index (χ0n) is 12.2. The fourth-order valence-corrected chi connectivity index (χ4v) is 2.85. The molecule has 0 bridgehead atoms. The second kappa shape index (κ2) is 5.33. The molecule has 0 spiro atoms. The Morgan fingerprint density at radius 1 is 1.29 bits per heavy atom. The summed E-state index contributed by atoms with van der Waals surface area (Å²) in [7, 11) is 1.67. The first-order chi connectivity index (χ1) is 10.1. The average Bonchev–Trinajstić information content (AvgIpc) is 2.88. The number of nitrogens with zero attached hydrogens (tertiary/aromatic N) is 1. The van der Waals surface area contributed by atoms with Crippen LogP contribution >= 0.6 is 0 Å². The van der Waals surface area contributed by atoms with Crippen molar-refractivity contribution in [3.8, 4) is 0 Å². The first kappa shape index (κ1) is 13.8. The van der Waals surface area contributed by atoms with Crippen LogP contribution in [0.2, 0.25) is 0 Å². The molecule has 2 heterocycles. The fraction of sp³-hybridized carbons (Fsp3) is 0.375. The monoisotopic (exact) mass is 285 g/mol. The highest BCUT2D eigenvalue weighted by Crippen LogP contribution is 2.16. The number of benzene rings is 1. The van der Waals surface area contributed by atoms with Crippen molar-refractivity contribution in [2.45, 2.75) is 13.0 Å². The summed E-state index contributed by atoms with van der Waals surface area (Å²) >= 11 is 0. The van der Waals surface area contributed by atoms with E-state index in [4.69, 9.17) is 0 Å². The van der Waals surface area contributed by atoms with Crippen LogP contribution in [0.3, 0.4) is 0 Å². The van der Waals surface area contributed by atoms with Gasteiger partial charge in [0.1, 0.15) is 0 Å². The molecule has 2 atom stereocenters. The number of aryl methyl sites for hydroxylation is 1. The standard InChI is InChI=1S/C16H19N3O2/c1-10-7-17-8-14(10)18-15(20)13-9-19(2)16(21)12-6-4-3-5-11(12)13/h3-6,9-10,14,17H,7-8H2,1-2H3,(H,18,20)/t10-,14+/m1/s1. The second-order valence-corrected chi connectivity index (χ2v) is 5.72. The molecule has 0 radical (unpaired) electrons. The largest absolute Gasteiger partial charge is 0.348 e. The molecule has 1 saturated heterocycles. The second-order valence-electron chi connectivity index (χ2n) is 5.72. The predicted octanol–water partition coefficient (Wildman–Crippen LogP) is 0.876. The number of pyridine rings is 1. The van der Waals surface area contributed by atoms with Crippen molar-refractivity contribution in [2.75, 3.05) is 13.1 Å². The summed E-state index contributed by atoms with van der Waals surface area (Å²) in [5, 5.41) is 7.61. The Bertz CT molecular complexity index is 751. The van der Waals surface area contributed by atoms with Gasteiger partial charge in [-0.15, -0.1) is 0 Å². The number of fused-ring (bicyclic) bond motifs is 1. The van der Waals surface area contributed by atoms with Gasteiger partial charge >= 0.3 is 0 Å². The maximum Gasteiger partial charge on any atom is 0.258 e. The highest BCUT2D eigenvalue weighted by atomic mass is 16.2. The van der Waals surface area contributed by atoms with Gasteiger partial charge in [0.2, 0.25) is 0 Å². The number of amides is 1. The molecule has 1 aromatic carbocycles. The fourth-order valence-electron chi connectivity index (χ4n) is 2.85. The van der Waals surface area contributed by atoms with Gasteiger partial charge in [-0.1, -0.05) is 25.1 Å². The van der Waals surface area contributed by atoms with Crippen molar-refractivity contribution in [3.63, 3.8) is 0 Å². The molecule has 1 amide bonds. The number of carbonyl (C=O) groups is 1. The summed E-state index contributed by atoms with van der Waals surface area (Å²) in [5.41, 5.74) is 0.463. The van der Waals surface area contributed by atoms with Gasteiger partial charge < -0.3 is 15.2 Å². The zero-order valence-corrected chi connectivity index (χ0v) is 12.2. The summed E-state index contributed by atoms with van der Waals surface area (Å²) in [5.74, 6) is 0.287. The van der Waals surface area contributed by atoms with Crippen LogP contribution in [0.25, 0.3) is 10.8 Å². The van der Waals surface area contributed by atoms with Crippen LogP contribution in [-0.2, 0) is 7.05 Å². The van der Waals surface area contributed by atoms with E-state index in [1.54, 1.807) is 19.3 Å². The van der Waals surface area contributed by atoms with Crippen molar-refractivity contribution in [2.24, 2.45) is 13.0 Å². The number of carbonyl (C=O) groups excluding carboxylic acids is 1. The maximum atomic E-state index is 12.6. The van der Waals surface area contributed by atoms with Gasteiger partial charge in [0.25, 0.3) is 11.5 Å². The van der Waals surface area contributed by atoms with E-state index < -0.39 is 0 Å². The Kier molecular flexibility index (Phi) is 3.51. The van der Waals surface area contributed by atoms with Gasteiger partial charge in [-0.25, -0.2) is 0 Å². The lowest BCUT2D eigenvalue weighted by molar-refractivity contribution is 0.0934. The van der Waals surface area contributed by atoms with Crippen LogP contribution in [0, 0.1) is 5.92 Å². The van der Waals surface area contributed by atoms with Crippen molar-refractivity contribution < 1.29 is 4.79 Å². The predicted molar refractivity (Wildman–Crippen MR) is 82.5 cm³/mol. The normalized spacial score (nSPS) is 21.6. The Morgan fingerprint density at radius 3 is 2.67 bits per heavy atom. The SMILES string of the molecule is C[C@@H]1CNC[C@@H]1NC(=O)c1cn(C)c(=O)c2ccccc12. The Labute approximate surface area is 123 Å². The average molecular weight is 285 g/mol. The van der Waals surface area contributed by atoms with Crippen LogP contribution in [-0.4, -0.2) is 29.6 Å². The van der Waals surface area contributed by atoms with Gasteiger partial charge in [-0.05, 0) is 18.5 Å². The molecule has 110 valence electrons. The van der Waals surface area contributed by atoms with Gasteiger partial charge in [-0.3, -0.25) is 9.59 Å². The zero-order chi connectivity index (χ0) is 15.0. The van der Waals surface area contributed by atoms with Gasteiger partial charge in [0, 0.05) is 36.6 Å². The molecule has 0 saturated carbocycles. The minimum Gasteiger partial charge on any atom is -0.348 e. The van der Waals surface area contributed by atoms with E-state index in [1.165, 1.54) is 4.57 Å². The Hall–Kier alpha value is -2.14. The quantitative estimate of drug-likeness (QED) is 0.861. The maximum absolute atomic E-state index is 12.6. The smallest absolute Gasteiger partial charge is 0.258 e. The van der Waals surface area contributed by atoms with E-state index >= 15 is 0 Å². The lowest BCUT2D eigenvalue weighted by Crippen LogP contribution is -2.40. The number of hydrogen-bond donors (Lipinski definition) is 2. The third-order valence-corrected chi connectivity index (χ3v) is 4.17. The number of nitrogens with one attached hydrogen (secondary N) is 2. The molecule has 1 aliphatic heterocycles. The Morgan fingerprint density at radius 2 is 2.00 bits per heavy atom. The van der Waals surface area contributed by atoms with Crippen molar-refractivity contribution >= 4 is 16.7 Å². The van der Waals surface area contributed by atoms with E-state index in [1.807, 2.05) is 18.2 Å². The number of hydrogen-bond acceptors (Lipinski definition) is 3. The molecule has 2 aromatic rings. The molecule has 21 heavy (non-hydrogen) atoms. The summed E-state index contributed by atoms with van der Waals surface area (Å²) in [6, 6.07) is 7.37. The molecule has 2 N–H and O–H groups in total. The van der Waals surface area contributed by atoms with Crippen molar-refractivity contribution in [3.05, 3.63) is 46.4 Å². The van der Waals surface area contributed by atoms with E-state index in [9.17, 15) is 9.59 Å². The highest BCUT2D eigenvalue weighted by molar-refractivity contribution is 6.06. The van der Waals surface area contributed by atoms with E-state index in [0.717, 1.165) is 13.1 Å². The third kappa shape index (κ3) is 2.45. The van der Waals surface area contributed by atoms with Gasteiger partial charge in [-0.2, -0.15) is 0 Å². The molecular formula is C16H19N3O2. The van der Waals surface area contributed by atoms with Crippen molar-refractivity contribution in [1.82, 2.24) is 15.2 Å². The summed E-state index contributed by atoms with van der Waals surface area (Å²) < 4.78 is 1.47. The molecule has 0 unspecified atom stereocenters. The summed E-state index contributed by atoms with van der Waals surface area (Å²) in [6.07, 6.45) is 1.62. The van der Waals surface area contributed by atoms with Crippen LogP contribution in [0.1, 0.15) is 17.3 Å². The summed E-state index contributed by atoms with van der Waals surface area (Å²) in [4.78, 5) is 24.7. The minimum atomic E-state index is -0.123. The number of rotatable bonds is 2. The van der Waals surface area contributed by atoms with Crippen LogP contribution < -0.4 is 16.2 Å². The molecule has 1 aromatic heterocycles. The molecule has 3 rings (SSSR count). The van der Waals surface area contributed by atoms with E-state index in [-0.39, 0.29) is 17.5 Å². The molecule has 5 nitrogen and oxygen atoms in total. The molecule has 5 heteroatoms. The van der Waals surface area contributed by atoms with Crippen LogP contribution in [0.4, 0.5) is 0 Å². The van der Waals surface area contributed by atoms with Gasteiger partial charge in [0.05, 0.1) is 5.56 Å². The van der Waals surface area contributed by atoms with Crippen LogP contribution in [0.15, 0.2) is 35.3 Å². The van der Waals surface area contributed by atoms with Crippen molar-refractivity contribution in [1.29, 1.82) is 0 Å². The number of aromatic nitrogens is 1. The minimum absolute atomic E-state index is 0.0851. The first-order valence-electron chi connectivity index (χ1n) is 7.18. The highest BCUT2D eigenvalue weighted by Gasteiger charge is 2.25. The molecule has 1 fully saturated rings. The summed E-state index contributed by atoms with van der Waals surface area (Å²) in [6.45, 7) is 3.82. The molecule has 0 aliphatic carbocycles. The molecule has 1 aliphatic rings. The lowest BCUT2D eigenvalue weighted by atomic mass is 10.0. The van der Waals surface area contributed by atoms with Crippen LogP contribution in [0.5, 0.6) is 0 Å². The van der Waals surface area contributed by atoms with E-state index in [2.05, 4.69) is 17.6 Å². The first-order valence-corrected chi connectivity index (χ1v) is 7.18. The third-order valence-electron chi connectivity index (χ3n) is 4.17. The van der Waals surface area contributed by atoms with E-state index in [0.29, 0.717) is 22.3 Å².